The SMILES string of the molecule is COC[CH](OC)[Fe]([Cl])[Cl]. The summed E-state index contributed by atoms with van der Waals surface area (Å²) in [4.78, 5) is 0. The Morgan fingerprint density at radius 1 is 1.44 bits per heavy atom. The van der Waals surface area contributed by atoms with Gasteiger partial charge in [0.25, 0.3) is 0 Å². The van der Waals surface area contributed by atoms with Gasteiger partial charge in [-0.25, -0.2) is 0 Å². The molecule has 59 valence electrons. The number of hydrogen-bond acceptors (Lipinski definition) is 2. The zero-order chi connectivity index (χ0) is 7.28. The van der Waals surface area contributed by atoms with Crippen molar-refractivity contribution in [2.24, 2.45) is 0 Å². The van der Waals surface area contributed by atoms with Crippen LogP contribution in [-0.4, -0.2) is 25.8 Å². The van der Waals surface area contributed by atoms with Crippen LogP contribution in [0.3, 0.4) is 0 Å². The van der Waals surface area contributed by atoms with E-state index in [2.05, 4.69) is 0 Å². The van der Waals surface area contributed by atoms with Gasteiger partial charge in [0.2, 0.25) is 0 Å². The fourth-order valence-electron chi connectivity index (χ4n) is 0.303. The van der Waals surface area contributed by atoms with Gasteiger partial charge in [0.15, 0.2) is 0 Å². The average Bonchev–Trinajstić information content (AvgIpc) is 1.82. The molecule has 0 aliphatic heterocycles. The third-order valence-electron chi connectivity index (χ3n) is 0.716. The molecule has 1 atom stereocenters. The molecule has 0 aromatic heterocycles. The summed E-state index contributed by atoms with van der Waals surface area (Å²) < 4.78 is 9.68. The monoisotopic (exact) mass is 215 g/mol. The molecule has 0 radical (unpaired) electrons. The van der Waals surface area contributed by atoms with Crippen LogP contribution in [0.5, 0.6) is 0 Å². The van der Waals surface area contributed by atoms with Gasteiger partial charge in [-0.3, -0.25) is 0 Å². The van der Waals surface area contributed by atoms with E-state index in [4.69, 9.17) is 29.7 Å². The topological polar surface area (TPSA) is 18.5 Å². The van der Waals surface area contributed by atoms with E-state index in [1.54, 1.807) is 14.2 Å². The maximum absolute atomic E-state index is 5.57. The molecular formula is C4H9Cl2FeO2. The first-order chi connectivity index (χ1) is 4.22. The van der Waals surface area contributed by atoms with Crippen molar-refractivity contribution in [2.75, 3.05) is 20.8 Å². The molecule has 0 heterocycles. The van der Waals surface area contributed by atoms with Crippen LogP contribution in [0, 0.1) is 0 Å². The van der Waals surface area contributed by atoms with Crippen molar-refractivity contribution in [1.29, 1.82) is 0 Å². The summed E-state index contributed by atoms with van der Waals surface area (Å²) in [5, 5.41) is -0.140. The molecule has 0 N–H and O–H groups in total. The molecule has 0 aliphatic rings. The van der Waals surface area contributed by atoms with E-state index in [9.17, 15) is 0 Å². The second kappa shape index (κ2) is 5.78. The molecule has 0 aromatic rings. The van der Waals surface area contributed by atoms with E-state index < -0.39 is 12.1 Å². The fourth-order valence-corrected chi connectivity index (χ4v) is 1.71. The van der Waals surface area contributed by atoms with Crippen LogP contribution in [0.15, 0.2) is 0 Å². The number of rotatable bonds is 4. The second-order valence-corrected chi connectivity index (χ2v) is 5.58. The minimum atomic E-state index is -1.23. The second-order valence-electron chi connectivity index (χ2n) is 1.29. The summed E-state index contributed by atoms with van der Waals surface area (Å²) in [6, 6.07) is 0. The third kappa shape index (κ3) is 4.43. The quantitative estimate of drug-likeness (QED) is 0.663. The van der Waals surface area contributed by atoms with Gasteiger partial charge >= 0.3 is 67.6 Å². The molecule has 0 fully saturated rings. The molecule has 0 aromatic carbocycles. The summed E-state index contributed by atoms with van der Waals surface area (Å²) in [6.45, 7) is 0.462. The Morgan fingerprint density at radius 3 is 2.11 bits per heavy atom. The van der Waals surface area contributed by atoms with E-state index in [0.29, 0.717) is 6.61 Å². The summed E-state index contributed by atoms with van der Waals surface area (Å²) in [5.74, 6) is 0. The van der Waals surface area contributed by atoms with Gasteiger partial charge in [-0.2, -0.15) is 0 Å². The Balaban J connectivity index is 3.41. The van der Waals surface area contributed by atoms with Crippen molar-refractivity contribution in [3.8, 4) is 0 Å². The molecule has 5 heteroatoms. The summed E-state index contributed by atoms with van der Waals surface area (Å²) in [5.41, 5.74) is 0. The van der Waals surface area contributed by atoms with Gasteiger partial charge in [-0.1, -0.05) is 0 Å². The van der Waals surface area contributed by atoms with E-state index in [1.807, 2.05) is 0 Å². The molecule has 0 rings (SSSR count). The predicted molar refractivity (Wildman–Crippen MR) is 34.4 cm³/mol. The van der Waals surface area contributed by atoms with Crippen LogP contribution in [0.4, 0.5) is 0 Å². The van der Waals surface area contributed by atoms with Crippen molar-refractivity contribution in [2.45, 2.75) is 5.00 Å². The fraction of sp³-hybridized carbons (Fsp3) is 1.00. The van der Waals surface area contributed by atoms with Crippen molar-refractivity contribution in [1.82, 2.24) is 0 Å². The van der Waals surface area contributed by atoms with Gasteiger partial charge in [-0.05, 0) is 0 Å². The van der Waals surface area contributed by atoms with Crippen molar-refractivity contribution in [3.63, 3.8) is 0 Å². The van der Waals surface area contributed by atoms with E-state index in [0.717, 1.165) is 0 Å². The van der Waals surface area contributed by atoms with Crippen molar-refractivity contribution < 1.29 is 21.6 Å². The van der Waals surface area contributed by atoms with E-state index >= 15 is 0 Å². The molecule has 0 amide bonds. The molecule has 0 saturated carbocycles. The molecule has 0 bridgehead atoms. The molecule has 1 unspecified atom stereocenters. The van der Waals surface area contributed by atoms with Gasteiger partial charge in [0.1, 0.15) is 0 Å². The summed E-state index contributed by atoms with van der Waals surface area (Å²) in [6.07, 6.45) is 0. The van der Waals surface area contributed by atoms with Gasteiger partial charge in [0, 0.05) is 0 Å². The van der Waals surface area contributed by atoms with Gasteiger partial charge in [0.05, 0.1) is 0 Å². The Morgan fingerprint density at radius 2 is 2.00 bits per heavy atom. The van der Waals surface area contributed by atoms with Crippen LogP contribution in [-0.2, 0) is 21.6 Å². The number of halogens is 2. The van der Waals surface area contributed by atoms with Crippen LogP contribution < -0.4 is 0 Å². The Labute approximate surface area is 67.7 Å². The first kappa shape index (κ1) is 10.0. The average molecular weight is 216 g/mol. The molecule has 2 nitrogen and oxygen atoms in total. The van der Waals surface area contributed by atoms with Crippen LogP contribution in [0.1, 0.15) is 0 Å². The van der Waals surface area contributed by atoms with E-state index in [-0.39, 0.29) is 5.00 Å². The molecule has 0 spiro atoms. The standard InChI is InChI=1S/C4H9O2.2ClH.Fe/c1-5-3-4-6-2;;;/h3H,4H2,1-2H3;2*1H;/q;;;+2/p-2. The van der Waals surface area contributed by atoms with Gasteiger partial charge < -0.3 is 0 Å². The third-order valence-corrected chi connectivity index (χ3v) is 3.12. The minimum absolute atomic E-state index is 0.140. The molecule has 9 heavy (non-hydrogen) atoms. The zero-order valence-electron chi connectivity index (χ0n) is 5.21. The van der Waals surface area contributed by atoms with E-state index in [1.165, 1.54) is 0 Å². The van der Waals surface area contributed by atoms with Gasteiger partial charge in [-0.15, -0.1) is 0 Å². The Hall–Kier alpha value is 1.02. The molecule has 0 saturated heterocycles. The summed E-state index contributed by atoms with van der Waals surface area (Å²) >= 11 is -1.23. The predicted octanol–water partition coefficient (Wildman–Crippen LogP) is 1.53. The van der Waals surface area contributed by atoms with Crippen LogP contribution >= 0.6 is 20.2 Å². The van der Waals surface area contributed by atoms with Crippen molar-refractivity contribution in [3.05, 3.63) is 0 Å². The zero-order valence-corrected chi connectivity index (χ0v) is 7.83. The normalized spacial score (nSPS) is 15.3. The van der Waals surface area contributed by atoms with Crippen LogP contribution in [0.2, 0.25) is 0 Å². The first-order valence-electron chi connectivity index (χ1n) is 2.22. The first-order valence-corrected chi connectivity index (χ1v) is 5.90. The summed E-state index contributed by atoms with van der Waals surface area (Å²) in [7, 11) is 14.3. The molecular weight excluding hydrogens is 207 g/mol. The number of methoxy groups -OCH3 is 2. The molecule has 0 aliphatic carbocycles. The van der Waals surface area contributed by atoms with Crippen LogP contribution in [0.25, 0.3) is 0 Å². The Bertz CT molecular complexity index is 71.6. The number of ether oxygens (including phenoxy) is 2. The Kier molecular flexibility index (Phi) is 6.43. The van der Waals surface area contributed by atoms with Crippen molar-refractivity contribution >= 4 is 20.2 Å². The maximum atomic E-state index is 5.57. The number of hydrogen-bond donors (Lipinski definition) is 0.